The van der Waals surface area contributed by atoms with E-state index in [9.17, 15) is 48.3 Å². The molecule has 10 amide bonds. The average Bonchev–Trinajstić information content (AvgIpc) is 3.42. The Morgan fingerprint density at radius 3 is 1.84 bits per heavy atom. The van der Waals surface area contributed by atoms with E-state index in [4.69, 9.17) is 0 Å². The summed E-state index contributed by atoms with van der Waals surface area (Å²) < 4.78 is 0. The number of aliphatic hydroxyl groups excluding tert-OH is 1. The van der Waals surface area contributed by atoms with Gasteiger partial charge in [-0.05, 0) is 74.8 Å². The van der Waals surface area contributed by atoms with Crippen LogP contribution in [0.1, 0.15) is 111 Å². The lowest BCUT2D eigenvalue weighted by atomic mass is 9.95. The van der Waals surface area contributed by atoms with Crippen molar-refractivity contribution in [3.8, 4) is 0 Å². The van der Waals surface area contributed by atoms with Crippen molar-refractivity contribution in [2.24, 2.45) is 17.8 Å². The van der Waals surface area contributed by atoms with Crippen molar-refractivity contribution in [1.29, 1.82) is 0 Å². The Morgan fingerprint density at radius 1 is 0.709 bits per heavy atom. The molecule has 21 nitrogen and oxygen atoms in total. The fourth-order valence-corrected chi connectivity index (χ4v) is 9.91. The molecule has 4 rings (SSSR count). The summed E-state index contributed by atoms with van der Waals surface area (Å²) in [5.74, 6) is -8.02. The summed E-state index contributed by atoms with van der Waals surface area (Å²) in [5, 5.41) is 24.6. The molecular formula is C58H88N10O11. The van der Waals surface area contributed by atoms with Gasteiger partial charge >= 0.3 is 0 Å². The number of nitrogens with one attached hydrogen (secondary N) is 5. The second-order valence-corrected chi connectivity index (χ2v) is 22.4. The highest BCUT2D eigenvalue weighted by molar-refractivity contribution is 6.00. The maximum atomic E-state index is 15.2. The van der Waals surface area contributed by atoms with Crippen LogP contribution in [0.15, 0.2) is 60.7 Å². The number of piperidine rings is 1. The Kier molecular flexibility index (Phi) is 24.9. The van der Waals surface area contributed by atoms with Crippen LogP contribution in [0.25, 0.3) is 0 Å². The van der Waals surface area contributed by atoms with Crippen molar-refractivity contribution in [1.82, 2.24) is 51.1 Å². The molecule has 2 aliphatic heterocycles. The van der Waals surface area contributed by atoms with Crippen LogP contribution in [0.3, 0.4) is 0 Å². The third-order valence-electron chi connectivity index (χ3n) is 15.0. The molecule has 6 N–H and O–H groups in total. The summed E-state index contributed by atoms with van der Waals surface area (Å²) in [6.45, 7) is 14.2. The van der Waals surface area contributed by atoms with Gasteiger partial charge in [-0.25, -0.2) is 0 Å². The first kappa shape index (κ1) is 64.6. The molecular weight excluding hydrogens is 1010 g/mol. The van der Waals surface area contributed by atoms with Crippen molar-refractivity contribution >= 4 is 59.1 Å². The van der Waals surface area contributed by atoms with Crippen LogP contribution in [-0.2, 0) is 60.8 Å². The summed E-state index contributed by atoms with van der Waals surface area (Å²) in [6, 6.07) is 7.06. The number of rotatable bonds is 16. The molecule has 2 saturated heterocycles. The lowest BCUT2D eigenvalue weighted by molar-refractivity contribution is -0.147. The second kappa shape index (κ2) is 30.5. The van der Waals surface area contributed by atoms with E-state index in [-0.39, 0.29) is 49.3 Å². The number of carbonyl (C=O) groups is 10. The number of hydrogen-bond donors (Lipinski definition) is 6. The Balaban J connectivity index is 1.86. The van der Waals surface area contributed by atoms with Crippen molar-refractivity contribution in [2.75, 3.05) is 47.8 Å². The molecule has 21 heteroatoms. The molecule has 2 aromatic rings. The number of aliphatic hydroxyl groups is 1. The zero-order valence-corrected chi connectivity index (χ0v) is 48.5. The lowest BCUT2D eigenvalue weighted by Crippen LogP contribution is -2.62. The van der Waals surface area contributed by atoms with Crippen LogP contribution in [0, 0.1) is 17.8 Å². The summed E-state index contributed by atoms with van der Waals surface area (Å²) in [6.07, 6.45) is 1.03. The fourth-order valence-electron chi connectivity index (χ4n) is 9.91. The maximum absolute atomic E-state index is 15.2. The predicted octanol–water partition coefficient (Wildman–Crippen LogP) is 1.79. The first-order valence-corrected chi connectivity index (χ1v) is 27.8. The van der Waals surface area contributed by atoms with Gasteiger partial charge in [-0.3, -0.25) is 47.9 Å². The molecule has 0 bridgehead atoms. The van der Waals surface area contributed by atoms with E-state index in [1.54, 1.807) is 65.6 Å². The predicted molar refractivity (Wildman–Crippen MR) is 298 cm³/mol. The maximum Gasteiger partial charge on any atom is 0.248 e. The van der Waals surface area contributed by atoms with Gasteiger partial charge in [0.15, 0.2) is 0 Å². The molecule has 0 aliphatic carbocycles. The highest BCUT2D eigenvalue weighted by atomic mass is 16.3. The molecule has 2 fully saturated rings. The minimum atomic E-state index is -1.72. The largest absolute Gasteiger partial charge is 0.391 e. The van der Waals surface area contributed by atoms with E-state index in [2.05, 4.69) is 26.6 Å². The highest BCUT2D eigenvalue weighted by Crippen LogP contribution is 2.20. The molecule has 0 unspecified atom stereocenters. The standard InChI is InChI=1S/C58H88N10O11/c1-13-37(6)49(58(79)68-27-21-16-22-28-68)62-54(75)46(32-41-25-19-15-20-26-41)67(12)56(77)43-33-47(70)59-38(7)55(76)66(11)44(30-36(4)5)53(74)63-50(39(8)69)57(78)64(9)34-48(71)65(10)45(31-40-23-17-14-18-24-40)52(73)60-42(29-35(2)3)51(72)61-43/h14-15,17-20,23-26,35-39,42-46,49-50,69H,13,16,21-22,27-34H2,1-12H3,(H,59,70)(H,60,73)(H,61,72)(H,62,75)(H,63,74)/t37-,38-,39+,42-,43-,44-,45-,46-,49-,50-/m0/s1. The van der Waals surface area contributed by atoms with Crippen LogP contribution in [0.4, 0.5) is 0 Å². The van der Waals surface area contributed by atoms with Crippen molar-refractivity contribution in [3.05, 3.63) is 71.8 Å². The number of likely N-dealkylation sites (N-methyl/N-ethyl adjacent to an activating group) is 4. The summed E-state index contributed by atoms with van der Waals surface area (Å²) in [5.41, 5.74) is 1.33. The minimum absolute atomic E-state index is 0.0242. The first-order chi connectivity index (χ1) is 37.2. The van der Waals surface area contributed by atoms with Gasteiger partial charge < -0.3 is 56.2 Å². The molecule has 79 heavy (non-hydrogen) atoms. The SMILES string of the molecule is CC[C@H](C)[C@H](NC(=O)[C@H](Cc1ccccc1)N(C)C(=O)[C@@H]1CC(=O)N[C@@H](C)C(=O)N(C)[C@@H](CC(C)C)C(=O)N[C@@H]([C@@H](C)O)C(=O)N(C)CC(=O)N(C)[C@@H](Cc2ccccc2)C(=O)N[C@@H](CC(C)C)C(=O)N1)C(=O)N1CCCCC1. The van der Waals surface area contributed by atoms with Crippen LogP contribution in [0.2, 0.25) is 0 Å². The fraction of sp³-hybridized carbons (Fsp3) is 0.621. The van der Waals surface area contributed by atoms with E-state index in [1.165, 1.54) is 42.0 Å². The molecule has 2 aliphatic rings. The van der Waals surface area contributed by atoms with Gasteiger partial charge in [-0.2, -0.15) is 0 Å². The van der Waals surface area contributed by atoms with Gasteiger partial charge in [0.05, 0.1) is 19.1 Å². The number of nitrogens with zero attached hydrogens (tertiary/aromatic N) is 5. The summed E-state index contributed by atoms with van der Waals surface area (Å²) in [7, 11) is 5.41. The monoisotopic (exact) mass is 1100 g/mol. The number of benzene rings is 2. The number of amides is 10. The van der Waals surface area contributed by atoms with E-state index in [0.29, 0.717) is 30.6 Å². The van der Waals surface area contributed by atoms with E-state index >= 15 is 4.79 Å². The van der Waals surface area contributed by atoms with Crippen molar-refractivity contribution in [3.63, 3.8) is 0 Å². The highest BCUT2D eigenvalue weighted by Gasteiger charge is 2.41. The van der Waals surface area contributed by atoms with E-state index < -0.39 is 121 Å². The van der Waals surface area contributed by atoms with Crippen molar-refractivity contribution < 1.29 is 53.1 Å². The van der Waals surface area contributed by atoms with Crippen molar-refractivity contribution in [2.45, 2.75) is 168 Å². The number of hydrogen-bond acceptors (Lipinski definition) is 11. The van der Waals surface area contributed by atoms with Gasteiger partial charge in [-0.15, -0.1) is 0 Å². The normalized spacial score (nSPS) is 23.6. The summed E-state index contributed by atoms with van der Waals surface area (Å²) in [4.78, 5) is 151. The van der Waals surface area contributed by atoms with Gasteiger partial charge in [-0.1, -0.05) is 109 Å². The molecule has 2 heterocycles. The third kappa shape index (κ3) is 18.6. The Hall–Kier alpha value is -6.90. The third-order valence-corrected chi connectivity index (χ3v) is 15.0. The minimum Gasteiger partial charge on any atom is -0.391 e. The molecule has 0 radical (unpaired) electrons. The van der Waals surface area contributed by atoms with Crippen LogP contribution >= 0.6 is 0 Å². The topological polar surface area (TPSA) is 267 Å². The van der Waals surface area contributed by atoms with Gasteiger partial charge in [0.1, 0.15) is 48.3 Å². The first-order valence-electron chi connectivity index (χ1n) is 27.8. The average molecular weight is 1100 g/mol. The summed E-state index contributed by atoms with van der Waals surface area (Å²) >= 11 is 0. The van der Waals surface area contributed by atoms with Crippen LogP contribution < -0.4 is 26.6 Å². The Labute approximate surface area is 466 Å². The zero-order valence-electron chi connectivity index (χ0n) is 48.5. The molecule has 10 atom stereocenters. The number of likely N-dealkylation sites (tertiary alicyclic amines) is 1. The van der Waals surface area contributed by atoms with E-state index in [0.717, 1.165) is 38.9 Å². The van der Waals surface area contributed by atoms with Gasteiger partial charge in [0, 0.05) is 54.1 Å². The Bertz CT molecular complexity index is 2420. The Morgan fingerprint density at radius 2 is 1.28 bits per heavy atom. The second-order valence-electron chi connectivity index (χ2n) is 22.4. The quantitative estimate of drug-likeness (QED) is 0.141. The molecule has 0 spiro atoms. The molecule has 436 valence electrons. The molecule has 2 aromatic carbocycles. The molecule has 0 saturated carbocycles. The smallest absolute Gasteiger partial charge is 0.248 e. The van der Waals surface area contributed by atoms with Crippen LogP contribution in [0.5, 0.6) is 0 Å². The van der Waals surface area contributed by atoms with Gasteiger partial charge in [0.2, 0.25) is 59.1 Å². The van der Waals surface area contributed by atoms with E-state index in [1.807, 2.05) is 41.5 Å². The van der Waals surface area contributed by atoms with Crippen LogP contribution in [-0.4, -0.2) is 191 Å². The van der Waals surface area contributed by atoms with Gasteiger partial charge in [0.25, 0.3) is 0 Å². The zero-order chi connectivity index (χ0) is 58.8. The molecule has 0 aromatic heterocycles. The lowest BCUT2D eigenvalue weighted by Gasteiger charge is -2.36. The number of carbonyl (C=O) groups excluding carboxylic acids is 10.